The van der Waals surface area contributed by atoms with Crippen molar-refractivity contribution in [2.24, 2.45) is 0 Å². The average molecular weight is 534 g/mol. The van der Waals surface area contributed by atoms with E-state index in [1.807, 2.05) is 0 Å². The lowest BCUT2D eigenvalue weighted by Crippen LogP contribution is -2.38. The Hall–Kier alpha value is -4.57. The van der Waals surface area contributed by atoms with Gasteiger partial charge in [0.2, 0.25) is 24.3 Å². The van der Waals surface area contributed by atoms with Gasteiger partial charge in [0.05, 0.1) is 19.4 Å². The van der Waals surface area contributed by atoms with Gasteiger partial charge < -0.3 is 25.2 Å². The molecule has 3 fully saturated rings. The summed E-state index contributed by atoms with van der Waals surface area (Å²) in [6.07, 6.45) is 17.9. The van der Waals surface area contributed by atoms with Crippen LogP contribution in [0.4, 0.5) is 29.5 Å². The van der Waals surface area contributed by atoms with Crippen LogP contribution >= 0.6 is 0 Å². The third-order valence-electron chi connectivity index (χ3n) is 5.92. The molecule has 6 rings (SSSR count). The van der Waals surface area contributed by atoms with Crippen LogP contribution in [-0.2, 0) is 9.53 Å². The number of aromatic nitrogens is 7. The first kappa shape index (κ1) is 29.0. The van der Waals surface area contributed by atoms with Gasteiger partial charge >= 0.3 is 0 Å². The van der Waals surface area contributed by atoms with E-state index >= 15 is 0 Å². The van der Waals surface area contributed by atoms with Crippen LogP contribution in [0.15, 0.2) is 37.8 Å². The van der Waals surface area contributed by atoms with E-state index in [-0.39, 0.29) is 0 Å². The molecule has 3 aromatic rings. The van der Waals surface area contributed by atoms with Gasteiger partial charge in [-0.25, -0.2) is 4.98 Å². The molecule has 206 valence electrons. The number of carbonyl (C=O) groups is 1. The summed E-state index contributed by atoms with van der Waals surface area (Å²) in [7, 11) is 0. The highest BCUT2D eigenvalue weighted by molar-refractivity contribution is 5.67. The Bertz CT molecular complexity index is 1150. The largest absolute Gasteiger partial charge is 0.378 e. The zero-order valence-electron chi connectivity index (χ0n) is 22.0. The Morgan fingerprint density at radius 2 is 1.64 bits per heavy atom. The van der Waals surface area contributed by atoms with Gasteiger partial charge in [-0.1, -0.05) is 0 Å². The van der Waals surface area contributed by atoms with Crippen molar-refractivity contribution in [2.45, 2.75) is 31.6 Å². The maximum absolute atomic E-state index is 9.80. The summed E-state index contributed by atoms with van der Waals surface area (Å²) in [5, 5.41) is 13.1. The maximum Gasteiger partial charge on any atom is 0.235 e. The smallest absolute Gasteiger partial charge is 0.235 e. The molecule has 39 heavy (non-hydrogen) atoms. The molecule has 0 unspecified atom stereocenters. The minimum atomic E-state index is 0.465. The van der Waals surface area contributed by atoms with E-state index in [0.717, 1.165) is 37.9 Å². The molecule has 3 N–H and O–H groups in total. The van der Waals surface area contributed by atoms with E-state index in [9.17, 15) is 4.79 Å². The number of hydrogen-bond donors (Lipinski definition) is 3. The lowest BCUT2D eigenvalue weighted by molar-refractivity contribution is -0.105. The van der Waals surface area contributed by atoms with Crippen molar-refractivity contribution in [3.63, 3.8) is 0 Å². The fourth-order valence-corrected chi connectivity index (χ4v) is 3.93. The van der Waals surface area contributed by atoms with Gasteiger partial charge in [-0.3, -0.25) is 14.9 Å². The zero-order valence-corrected chi connectivity index (χ0v) is 22.0. The van der Waals surface area contributed by atoms with Gasteiger partial charge in [0, 0.05) is 56.3 Å². The molecule has 0 atom stereocenters. The van der Waals surface area contributed by atoms with Crippen LogP contribution < -0.4 is 20.4 Å². The topological polar surface area (TPSA) is 150 Å². The molecule has 2 saturated heterocycles. The summed E-state index contributed by atoms with van der Waals surface area (Å²) in [5.74, 6) is 3.88. The van der Waals surface area contributed by atoms with Crippen LogP contribution in [0.25, 0.3) is 0 Å². The first-order valence-corrected chi connectivity index (χ1v) is 12.7. The fraction of sp³-hybridized carbons (Fsp3) is 0.423. The molecule has 13 heteroatoms. The number of ether oxygens (including phenoxy) is 1. The molecular weight excluding hydrogens is 498 g/mol. The van der Waals surface area contributed by atoms with Crippen molar-refractivity contribution in [1.29, 1.82) is 0 Å². The number of amides is 1. The number of rotatable bonds is 7. The molecule has 0 aromatic carbocycles. The van der Waals surface area contributed by atoms with Crippen molar-refractivity contribution in [3.05, 3.63) is 43.5 Å². The summed E-state index contributed by atoms with van der Waals surface area (Å²) in [4.78, 5) is 35.7. The monoisotopic (exact) mass is 533 g/mol. The highest BCUT2D eigenvalue weighted by atomic mass is 16.5. The molecule has 1 aliphatic carbocycles. The summed E-state index contributed by atoms with van der Waals surface area (Å²) in [5.41, 5.74) is 1.19. The standard InChI is InChI=1S/C17H24N8O.C5H5N3O.C2H4.C2H2/c1-2-6-24(5-1)16-19-15(18-14-11-13(22-23-14)12-3-4-12)20-17(21-16)25-7-9-26-10-8-25;9-4-8-5-3-6-1-2-7-5;2*1-2/h11-12H,1-10H2,(H2,18,19,20,21,22,23);1-4H,(H,7,8,9);1-2H2;1-2H. The van der Waals surface area contributed by atoms with E-state index in [0.29, 0.717) is 43.3 Å². The quantitative estimate of drug-likeness (QED) is 0.234. The minimum absolute atomic E-state index is 0.465. The Labute approximate surface area is 228 Å². The van der Waals surface area contributed by atoms with E-state index in [4.69, 9.17) is 9.72 Å². The number of H-pyrrole nitrogens is 1. The molecule has 3 aliphatic rings. The number of nitrogens with zero attached hydrogens (tertiary/aromatic N) is 8. The molecule has 1 amide bonds. The molecule has 0 spiro atoms. The van der Waals surface area contributed by atoms with Crippen molar-refractivity contribution < 1.29 is 9.53 Å². The second kappa shape index (κ2) is 15.6. The van der Waals surface area contributed by atoms with E-state index in [1.165, 1.54) is 50.0 Å². The maximum atomic E-state index is 9.80. The van der Waals surface area contributed by atoms with Crippen molar-refractivity contribution in [1.82, 2.24) is 35.1 Å². The minimum Gasteiger partial charge on any atom is -0.378 e. The third-order valence-corrected chi connectivity index (χ3v) is 5.92. The summed E-state index contributed by atoms with van der Waals surface area (Å²) < 4.78 is 5.46. The van der Waals surface area contributed by atoms with Crippen LogP contribution in [-0.4, -0.2) is 80.9 Å². The Kier molecular flexibility index (Phi) is 11.6. The summed E-state index contributed by atoms with van der Waals surface area (Å²) in [6, 6.07) is 2.06. The molecule has 2 aliphatic heterocycles. The normalized spacial score (nSPS) is 15.8. The number of anilines is 5. The molecule has 5 heterocycles. The SMILES string of the molecule is C#C.C=C.O=CNc1cnccn1.c1c(Nc2nc(N3CCCC3)nc(N3CCOCC3)n2)n[nH]c1C1CC1. The third kappa shape index (κ3) is 8.75. The van der Waals surface area contributed by atoms with Crippen molar-refractivity contribution in [2.75, 3.05) is 59.8 Å². The van der Waals surface area contributed by atoms with Crippen LogP contribution in [0, 0.1) is 12.8 Å². The average Bonchev–Trinajstić information content (AvgIpc) is 3.49. The molecule has 0 radical (unpaired) electrons. The van der Waals surface area contributed by atoms with Gasteiger partial charge in [-0.05, 0) is 25.7 Å². The van der Waals surface area contributed by atoms with Gasteiger partial charge in [0.25, 0.3) is 0 Å². The Balaban J connectivity index is 0.000000273. The number of carbonyl (C=O) groups excluding carboxylic acids is 1. The van der Waals surface area contributed by atoms with E-state index < -0.39 is 0 Å². The molecular formula is C26H35N11O2. The number of nitrogens with one attached hydrogen (secondary N) is 3. The van der Waals surface area contributed by atoms with Gasteiger partial charge in [0.1, 0.15) is 0 Å². The van der Waals surface area contributed by atoms with E-state index in [2.05, 4.69) is 82.6 Å². The van der Waals surface area contributed by atoms with Crippen LogP contribution in [0.5, 0.6) is 0 Å². The molecule has 0 bridgehead atoms. The summed E-state index contributed by atoms with van der Waals surface area (Å²) >= 11 is 0. The lowest BCUT2D eigenvalue weighted by atomic mass is 10.3. The number of terminal acetylenes is 1. The zero-order chi connectivity index (χ0) is 27.9. The predicted octanol–water partition coefficient (Wildman–Crippen LogP) is 2.75. The van der Waals surface area contributed by atoms with Gasteiger partial charge in [-0.2, -0.15) is 20.1 Å². The Morgan fingerprint density at radius 1 is 0.974 bits per heavy atom. The molecule has 3 aromatic heterocycles. The van der Waals surface area contributed by atoms with Crippen LogP contribution in [0.1, 0.15) is 37.3 Å². The number of hydrogen-bond acceptors (Lipinski definition) is 11. The molecule has 1 saturated carbocycles. The first-order chi connectivity index (χ1) is 19.3. The van der Waals surface area contributed by atoms with Crippen molar-refractivity contribution in [3.8, 4) is 12.8 Å². The van der Waals surface area contributed by atoms with Crippen LogP contribution in [0.2, 0.25) is 0 Å². The second-order valence-electron chi connectivity index (χ2n) is 8.51. The lowest BCUT2D eigenvalue weighted by Gasteiger charge is -2.27. The van der Waals surface area contributed by atoms with Crippen molar-refractivity contribution >= 4 is 35.9 Å². The number of morpholine rings is 1. The van der Waals surface area contributed by atoms with Gasteiger partial charge in [0.15, 0.2) is 11.6 Å². The highest BCUT2D eigenvalue weighted by Gasteiger charge is 2.26. The predicted molar refractivity (Wildman–Crippen MR) is 151 cm³/mol. The van der Waals surface area contributed by atoms with Crippen LogP contribution in [0.3, 0.4) is 0 Å². The fourth-order valence-electron chi connectivity index (χ4n) is 3.93. The molecule has 13 nitrogen and oxygen atoms in total. The Morgan fingerprint density at radius 3 is 2.23 bits per heavy atom. The van der Waals surface area contributed by atoms with Gasteiger partial charge in [-0.15, -0.1) is 26.0 Å². The summed E-state index contributed by atoms with van der Waals surface area (Å²) in [6.45, 7) is 11.0. The number of aromatic amines is 1. The van der Waals surface area contributed by atoms with E-state index in [1.54, 1.807) is 0 Å². The second-order valence-corrected chi connectivity index (χ2v) is 8.51. The highest BCUT2D eigenvalue weighted by Crippen LogP contribution is 2.39. The first-order valence-electron chi connectivity index (χ1n) is 12.7.